The number of hydrogen-bond donors (Lipinski definition) is 0. The summed E-state index contributed by atoms with van der Waals surface area (Å²) in [7, 11) is 1.67. The number of piperazine rings is 1. The predicted molar refractivity (Wildman–Crippen MR) is 127 cm³/mol. The van der Waals surface area contributed by atoms with Crippen LogP contribution in [-0.4, -0.2) is 65.3 Å². The Bertz CT molecular complexity index is 1090. The van der Waals surface area contributed by atoms with Gasteiger partial charge in [0.1, 0.15) is 16.7 Å². The fourth-order valence-corrected chi connectivity index (χ4v) is 4.39. The smallest absolute Gasteiger partial charge is 0.258 e. The monoisotopic (exact) mass is 470 g/mol. The van der Waals surface area contributed by atoms with Gasteiger partial charge in [-0.15, -0.1) is 0 Å². The average Bonchev–Trinajstić information content (AvgIpc) is 3.12. The van der Waals surface area contributed by atoms with E-state index < -0.39 is 0 Å². The molecule has 0 N–H and O–H groups in total. The summed E-state index contributed by atoms with van der Waals surface area (Å²) < 4.78 is 20.0. The second-order valence-electron chi connectivity index (χ2n) is 8.27. The van der Waals surface area contributed by atoms with Crippen molar-refractivity contribution in [1.82, 2.24) is 19.6 Å². The second kappa shape index (κ2) is 10.4. The van der Waals surface area contributed by atoms with Crippen LogP contribution in [0.4, 0.5) is 4.39 Å². The molecule has 2 heterocycles. The Hall–Kier alpha value is -2.90. The molecule has 3 aromatic rings. The zero-order chi connectivity index (χ0) is 23.4. The normalized spacial score (nSPS) is 14.5. The van der Waals surface area contributed by atoms with Crippen molar-refractivity contribution >= 4 is 17.5 Å². The van der Waals surface area contributed by atoms with Crippen LogP contribution in [0.25, 0.3) is 0 Å². The minimum Gasteiger partial charge on any atom is -0.497 e. The molecule has 0 bridgehead atoms. The van der Waals surface area contributed by atoms with Crippen molar-refractivity contribution in [3.05, 3.63) is 81.9 Å². The lowest BCUT2D eigenvalue weighted by Crippen LogP contribution is -2.49. The van der Waals surface area contributed by atoms with Gasteiger partial charge in [-0.05, 0) is 48.7 Å². The number of carbonyl (C=O) groups excluding carboxylic acids is 1. The number of ether oxygens (including phenoxy) is 1. The van der Waals surface area contributed by atoms with Crippen LogP contribution in [0.2, 0.25) is 5.15 Å². The van der Waals surface area contributed by atoms with Crippen LogP contribution in [-0.2, 0) is 13.0 Å². The Labute approximate surface area is 198 Å². The number of benzene rings is 2. The van der Waals surface area contributed by atoms with Gasteiger partial charge < -0.3 is 9.64 Å². The maximum atomic E-state index is 13.2. The van der Waals surface area contributed by atoms with Crippen molar-refractivity contribution < 1.29 is 13.9 Å². The van der Waals surface area contributed by atoms with Gasteiger partial charge in [0.25, 0.3) is 5.91 Å². The van der Waals surface area contributed by atoms with Crippen LogP contribution in [0.5, 0.6) is 5.75 Å². The van der Waals surface area contributed by atoms with Gasteiger partial charge in [0, 0.05) is 32.7 Å². The molecule has 0 unspecified atom stereocenters. The molecule has 0 radical (unpaired) electrons. The number of nitrogens with zero attached hydrogens (tertiary/aromatic N) is 4. The first-order chi connectivity index (χ1) is 15.9. The quantitative estimate of drug-likeness (QED) is 0.523. The summed E-state index contributed by atoms with van der Waals surface area (Å²) in [5, 5.41) is 4.78. The van der Waals surface area contributed by atoms with Gasteiger partial charge in [0.2, 0.25) is 0 Å². The Balaban J connectivity index is 1.33. The molecule has 1 fully saturated rings. The van der Waals surface area contributed by atoms with Crippen LogP contribution in [0.15, 0.2) is 48.5 Å². The highest BCUT2D eigenvalue weighted by atomic mass is 35.5. The largest absolute Gasteiger partial charge is 0.497 e. The molecule has 0 saturated carbocycles. The summed E-state index contributed by atoms with van der Waals surface area (Å²) >= 11 is 6.55. The van der Waals surface area contributed by atoms with E-state index in [-0.39, 0.29) is 11.7 Å². The van der Waals surface area contributed by atoms with Crippen molar-refractivity contribution in [3.63, 3.8) is 0 Å². The summed E-state index contributed by atoms with van der Waals surface area (Å²) in [6.07, 6.45) is 0.957. The van der Waals surface area contributed by atoms with Gasteiger partial charge in [0.05, 0.1) is 24.9 Å². The van der Waals surface area contributed by atoms with E-state index in [9.17, 15) is 9.18 Å². The molecule has 0 atom stereocenters. The summed E-state index contributed by atoms with van der Waals surface area (Å²) in [6.45, 7) is 6.08. The van der Waals surface area contributed by atoms with E-state index in [1.165, 1.54) is 17.7 Å². The third-order valence-electron chi connectivity index (χ3n) is 6.06. The summed E-state index contributed by atoms with van der Waals surface area (Å²) in [5.41, 5.74) is 3.19. The van der Waals surface area contributed by atoms with Crippen molar-refractivity contribution in [2.45, 2.75) is 19.9 Å². The van der Waals surface area contributed by atoms with Crippen LogP contribution in [0.1, 0.15) is 27.2 Å². The fourth-order valence-electron chi connectivity index (χ4n) is 4.08. The van der Waals surface area contributed by atoms with E-state index in [0.717, 1.165) is 37.4 Å². The number of halogens is 2. The van der Waals surface area contributed by atoms with Crippen molar-refractivity contribution in [2.24, 2.45) is 0 Å². The van der Waals surface area contributed by atoms with E-state index in [1.54, 1.807) is 30.8 Å². The summed E-state index contributed by atoms with van der Waals surface area (Å²) in [6, 6.07) is 14.3. The second-order valence-corrected chi connectivity index (χ2v) is 8.63. The Morgan fingerprint density at radius 1 is 1.03 bits per heavy atom. The van der Waals surface area contributed by atoms with Gasteiger partial charge >= 0.3 is 0 Å². The number of amides is 1. The molecule has 8 heteroatoms. The molecule has 0 spiro atoms. The number of aromatic nitrogens is 2. The van der Waals surface area contributed by atoms with Crippen LogP contribution < -0.4 is 4.74 Å². The van der Waals surface area contributed by atoms with Crippen LogP contribution >= 0.6 is 11.6 Å². The summed E-state index contributed by atoms with van der Waals surface area (Å²) in [5.74, 6) is 0.485. The average molecular weight is 471 g/mol. The summed E-state index contributed by atoms with van der Waals surface area (Å²) in [4.78, 5) is 17.4. The number of hydrogen-bond acceptors (Lipinski definition) is 4. The van der Waals surface area contributed by atoms with Crippen molar-refractivity contribution in [2.75, 3.05) is 39.8 Å². The molecule has 1 aliphatic heterocycles. The standard InChI is InChI=1S/C25H28ClFN4O2/c1-18-23(24(26)31(28-18)17-20-3-7-21(27)8-4-20)25(32)30-15-13-29(14-16-30)12-11-19-5-9-22(33-2)10-6-19/h3-10H,11-17H2,1-2H3. The molecular formula is C25H28ClFN4O2. The lowest BCUT2D eigenvalue weighted by atomic mass is 10.1. The van der Waals surface area contributed by atoms with Crippen molar-refractivity contribution in [1.29, 1.82) is 0 Å². The molecule has 1 aromatic heterocycles. The highest BCUT2D eigenvalue weighted by molar-refractivity contribution is 6.33. The maximum absolute atomic E-state index is 13.2. The fraction of sp³-hybridized carbons (Fsp3) is 0.360. The topological polar surface area (TPSA) is 50.6 Å². The molecule has 33 heavy (non-hydrogen) atoms. The molecule has 4 rings (SSSR count). The molecule has 1 aliphatic rings. The van der Waals surface area contributed by atoms with Gasteiger partial charge in [-0.3, -0.25) is 9.69 Å². The van der Waals surface area contributed by atoms with Gasteiger partial charge in [-0.25, -0.2) is 9.07 Å². The minimum absolute atomic E-state index is 0.0855. The minimum atomic E-state index is -0.291. The molecule has 6 nitrogen and oxygen atoms in total. The SMILES string of the molecule is COc1ccc(CCN2CCN(C(=O)c3c(C)nn(Cc4ccc(F)cc4)c3Cl)CC2)cc1. The van der Waals surface area contributed by atoms with Crippen LogP contribution in [0, 0.1) is 12.7 Å². The molecule has 2 aromatic carbocycles. The Morgan fingerprint density at radius 2 is 1.67 bits per heavy atom. The van der Waals surface area contributed by atoms with E-state index >= 15 is 0 Å². The maximum Gasteiger partial charge on any atom is 0.258 e. The number of carbonyl (C=O) groups is 1. The Morgan fingerprint density at radius 3 is 2.30 bits per heavy atom. The zero-order valence-electron chi connectivity index (χ0n) is 18.9. The van der Waals surface area contributed by atoms with Gasteiger partial charge in [-0.2, -0.15) is 5.10 Å². The molecular weight excluding hydrogens is 443 g/mol. The highest BCUT2D eigenvalue weighted by Gasteiger charge is 2.27. The molecule has 0 aliphatic carbocycles. The van der Waals surface area contributed by atoms with Gasteiger partial charge in [0.15, 0.2) is 0 Å². The first kappa shape index (κ1) is 23.3. The lowest BCUT2D eigenvalue weighted by molar-refractivity contribution is 0.0638. The van der Waals surface area contributed by atoms with E-state index in [2.05, 4.69) is 22.1 Å². The molecule has 174 valence electrons. The van der Waals surface area contributed by atoms with E-state index in [1.807, 2.05) is 17.0 Å². The van der Waals surface area contributed by atoms with Gasteiger partial charge in [-0.1, -0.05) is 35.9 Å². The van der Waals surface area contributed by atoms with Crippen molar-refractivity contribution in [3.8, 4) is 5.75 Å². The third kappa shape index (κ3) is 5.54. The van der Waals surface area contributed by atoms with Crippen LogP contribution in [0.3, 0.4) is 0 Å². The molecule has 1 saturated heterocycles. The number of methoxy groups -OCH3 is 1. The van der Waals surface area contributed by atoms with E-state index in [0.29, 0.717) is 36.0 Å². The third-order valence-corrected chi connectivity index (χ3v) is 6.44. The first-order valence-electron chi connectivity index (χ1n) is 11.1. The lowest BCUT2D eigenvalue weighted by Gasteiger charge is -2.34. The first-order valence-corrected chi connectivity index (χ1v) is 11.4. The molecule has 1 amide bonds. The number of rotatable bonds is 7. The zero-order valence-corrected chi connectivity index (χ0v) is 19.7. The predicted octanol–water partition coefficient (Wildman–Crippen LogP) is 4.04. The van der Waals surface area contributed by atoms with E-state index in [4.69, 9.17) is 16.3 Å². The Kier molecular flexibility index (Phi) is 7.30. The number of aryl methyl sites for hydroxylation is 1. The highest BCUT2D eigenvalue weighted by Crippen LogP contribution is 2.23.